The third kappa shape index (κ3) is 3.93. The van der Waals surface area contributed by atoms with Gasteiger partial charge in [-0.1, -0.05) is 69.6 Å². The van der Waals surface area contributed by atoms with Gasteiger partial charge < -0.3 is 5.11 Å². The van der Waals surface area contributed by atoms with Crippen LogP contribution in [-0.2, 0) is 6.61 Å². The zero-order chi connectivity index (χ0) is 19.0. The van der Waals surface area contributed by atoms with Gasteiger partial charge in [-0.3, -0.25) is 4.98 Å². The minimum Gasteiger partial charge on any atom is -0.392 e. The molecule has 26 heavy (non-hydrogen) atoms. The molecule has 0 unspecified atom stereocenters. The van der Waals surface area contributed by atoms with Crippen LogP contribution in [0.2, 0.25) is 30.1 Å². The van der Waals surface area contributed by atoms with Crippen molar-refractivity contribution in [2.24, 2.45) is 0 Å². The van der Waals surface area contributed by atoms with Gasteiger partial charge in [0.15, 0.2) is 0 Å². The first kappa shape index (κ1) is 20.0. The summed E-state index contributed by atoms with van der Waals surface area (Å²) in [6.07, 6.45) is 1.53. The zero-order valence-electron chi connectivity index (χ0n) is 12.8. The lowest BCUT2D eigenvalue weighted by atomic mass is 9.97. The second-order valence-corrected chi connectivity index (χ2v) is 7.89. The Kier molecular flexibility index (Phi) is 6.25. The molecule has 8 heteroatoms. The van der Waals surface area contributed by atoms with Crippen LogP contribution >= 0.6 is 69.6 Å². The van der Waals surface area contributed by atoms with Crippen LogP contribution in [-0.4, -0.2) is 10.1 Å². The predicted molar refractivity (Wildman–Crippen MR) is 111 cm³/mol. The summed E-state index contributed by atoms with van der Waals surface area (Å²) in [6.45, 7) is -0.203. The standard InChI is InChI=1S/C18H9Cl6NO/c19-9-2-12(21)16(13(22)3-9)11-1-8(7-26)6-25-18(11)17-14(23)4-10(20)5-15(17)24/h1-6,26H,7H2. The molecule has 0 fully saturated rings. The number of benzene rings is 2. The van der Waals surface area contributed by atoms with E-state index in [-0.39, 0.29) is 6.61 Å². The number of hydrogen-bond donors (Lipinski definition) is 1. The van der Waals surface area contributed by atoms with Crippen molar-refractivity contribution in [3.8, 4) is 22.4 Å². The largest absolute Gasteiger partial charge is 0.392 e. The minimum atomic E-state index is -0.203. The molecule has 134 valence electrons. The van der Waals surface area contributed by atoms with Gasteiger partial charge >= 0.3 is 0 Å². The minimum absolute atomic E-state index is 0.203. The Balaban J connectivity index is 2.37. The summed E-state index contributed by atoms with van der Waals surface area (Å²) in [7, 11) is 0. The first-order valence-electron chi connectivity index (χ1n) is 7.21. The monoisotopic (exact) mass is 465 g/mol. The van der Waals surface area contributed by atoms with Crippen molar-refractivity contribution < 1.29 is 5.11 Å². The lowest BCUT2D eigenvalue weighted by Crippen LogP contribution is -1.96. The lowest BCUT2D eigenvalue weighted by molar-refractivity contribution is 0.281. The van der Waals surface area contributed by atoms with Crippen LogP contribution in [0.5, 0.6) is 0 Å². The maximum atomic E-state index is 9.50. The highest BCUT2D eigenvalue weighted by Crippen LogP contribution is 2.45. The van der Waals surface area contributed by atoms with Crippen molar-refractivity contribution in [1.29, 1.82) is 0 Å². The molecule has 1 N–H and O–H groups in total. The van der Waals surface area contributed by atoms with Gasteiger partial charge in [-0.25, -0.2) is 0 Å². The number of nitrogens with zero attached hydrogens (tertiary/aromatic N) is 1. The van der Waals surface area contributed by atoms with Gasteiger partial charge in [0.05, 0.1) is 32.4 Å². The molecule has 0 bridgehead atoms. The van der Waals surface area contributed by atoms with E-state index in [1.54, 1.807) is 30.3 Å². The third-order valence-corrected chi connectivity index (χ3v) is 5.28. The van der Waals surface area contributed by atoms with Gasteiger partial charge in [0.2, 0.25) is 0 Å². The molecule has 0 amide bonds. The summed E-state index contributed by atoms with van der Waals surface area (Å²) < 4.78 is 0. The average molecular weight is 468 g/mol. The molecule has 1 aromatic heterocycles. The Labute approximate surface area is 180 Å². The second-order valence-electron chi connectivity index (χ2n) is 5.39. The van der Waals surface area contributed by atoms with Crippen LogP contribution in [0.15, 0.2) is 36.5 Å². The number of halogens is 6. The smallest absolute Gasteiger partial charge is 0.0811 e. The molecule has 3 aromatic rings. The van der Waals surface area contributed by atoms with Crippen molar-refractivity contribution in [2.45, 2.75) is 6.61 Å². The molecule has 0 radical (unpaired) electrons. The summed E-state index contributed by atoms with van der Waals surface area (Å²) in [5.74, 6) is 0. The lowest BCUT2D eigenvalue weighted by Gasteiger charge is -2.16. The number of aromatic nitrogens is 1. The van der Waals surface area contributed by atoms with Crippen molar-refractivity contribution in [3.63, 3.8) is 0 Å². The van der Waals surface area contributed by atoms with E-state index < -0.39 is 0 Å². The summed E-state index contributed by atoms with van der Waals surface area (Å²) in [5.41, 5.74) is 2.60. The van der Waals surface area contributed by atoms with Crippen LogP contribution < -0.4 is 0 Å². The van der Waals surface area contributed by atoms with Crippen LogP contribution in [0.25, 0.3) is 22.4 Å². The number of pyridine rings is 1. The highest BCUT2D eigenvalue weighted by Gasteiger charge is 2.20. The van der Waals surface area contributed by atoms with E-state index in [1.165, 1.54) is 6.20 Å². The summed E-state index contributed by atoms with van der Waals surface area (Å²) in [6, 6.07) is 8.02. The highest BCUT2D eigenvalue weighted by molar-refractivity contribution is 6.43. The van der Waals surface area contributed by atoms with Crippen LogP contribution in [0.4, 0.5) is 0 Å². The fourth-order valence-corrected chi connectivity index (χ4v) is 4.57. The SMILES string of the molecule is OCc1cnc(-c2c(Cl)cc(Cl)cc2Cl)c(-c2c(Cl)cc(Cl)cc2Cl)c1. The fourth-order valence-electron chi connectivity index (χ4n) is 2.55. The first-order valence-corrected chi connectivity index (χ1v) is 9.48. The van der Waals surface area contributed by atoms with Crippen molar-refractivity contribution in [1.82, 2.24) is 4.98 Å². The van der Waals surface area contributed by atoms with E-state index in [9.17, 15) is 5.11 Å². The molecule has 0 saturated carbocycles. The highest BCUT2D eigenvalue weighted by atomic mass is 35.5. The molecule has 2 aromatic carbocycles. The van der Waals surface area contributed by atoms with E-state index in [2.05, 4.69) is 4.98 Å². The molecule has 2 nitrogen and oxygen atoms in total. The molecule has 1 heterocycles. The van der Waals surface area contributed by atoms with Gasteiger partial charge in [-0.2, -0.15) is 0 Å². The first-order chi connectivity index (χ1) is 12.3. The van der Waals surface area contributed by atoms with E-state index in [0.29, 0.717) is 58.1 Å². The quantitative estimate of drug-likeness (QED) is 0.425. The molecular weight excluding hydrogens is 459 g/mol. The number of aliphatic hydroxyl groups is 1. The normalized spacial score (nSPS) is 11.0. The van der Waals surface area contributed by atoms with E-state index in [0.717, 1.165) is 0 Å². The summed E-state index contributed by atoms with van der Waals surface area (Å²) >= 11 is 37.5. The topological polar surface area (TPSA) is 33.1 Å². The molecule has 3 rings (SSSR count). The van der Waals surface area contributed by atoms with E-state index in [1.807, 2.05) is 0 Å². The Hall–Kier alpha value is -0.710. The molecule has 0 saturated heterocycles. The van der Waals surface area contributed by atoms with E-state index >= 15 is 0 Å². The Morgan fingerprint density at radius 2 is 1.15 bits per heavy atom. The van der Waals surface area contributed by atoms with Crippen LogP contribution in [0.1, 0.15) is 5.56 Å². The molecular formula is C18H9Cl6NO. The van der Waals surface area contributed by atoms with Gasteiger partial charge in [0.1, 0.15) is 0 Å². The summed E-state index contributed by atoms with van der Waals surface area (Å²) in [5, 5.41) is 11.6. The second kappa shape index (κ2) is 8.12. The predicted octanol–water partition coefficient (Wildman–Crippen LogP) is 7.83. The fraction of sp³-hybridized carbons (Fsp3) is 0.0556. The van der Waals surface area contributed by atoms with Gasteiger partial charge in [0, 0.05) is 32.9 Å². The van der Waals surface area contributed by atoms with Crippen molar-refractivity contribution in [2.75, 3.05) is 0 Å². The van der Waals surface area contributed by atoms with Crippen LogP contribution in [0.3, 0.4) is 0 Å². The Bertz CT molecular complexity index is 959. The third-order valence-electron chi connectivity index (χ3n) is 3.65. The molecule has 0 aliphatic rings. The number of aliphatic hydroxyl groups excluding tert-OH is 1. The number of hydrogen-bond acceptors (Lipinski definition) is 2. The van der Waals surface area contributed by atoms with Gasteiger partial charge in [-0.05, 0) is 35.9 Å². The Morgan fingerprint density at radius 3 is 1.62 bits per heavy atom. The van der Waals surface area contributed by atoms with Crippen molar-refractivity contribution >= 4 is 69.6 Å². The van der Waals surface area contributed by atoms with Crippen LogP contribution in [0, 0.1) is 0 Å². The van der Waals surface area contributed by atoms with Crippen molar-refractivity contribution in [3.05, 3.63) is 72.2 Å². The zero-order valence-corrected chi connectivity index (χ0v) is 17.4. The molecule has 0 aliphatic heterocycles. The molecule has 0 spiro atoms. The van der Waals surface area contributed by atoms with E-state index in [4.69, 9.17) is 69.6 Å². The molecule has 0 aliphatic carbocycles. The van der Waals surface area contributed by atoms with Gasteiger partial charge in [-0.15, -0.1) is 0 Å². The van der Waals surface area contributed by atoms with Gasteiger partial charge in [0.25, 0.3) is 0 Å². The molecule has 0 atom stereocenters. The maximum Gasteiger partial charge on any atom is 0.0811 e. The maximum absolute atomic E-state index is 9.50. The summed E-state index contributed by atoms with van der Waals surface area (Å²) in [4.78, 5) is 4.43. The number of rotatable bonds is 3. The average Bonchev–Trinajstić information content (AvgIpc) is 2.54. The Morgan fingerprint density at radius 1 is 0.692 bits per heavy atom.